The fourth-order valence-corrected chi connectivity index (χ4v) is 3.13. The fourth-order valence-electron chi connectivity index (χ4n) is 2.79. The summed E-state index contributed by atoms with van der Waals surface area (Å²) in [5.41, 5.74) is 2.11. The molecule has 1 fully saturated rings. The molecule has 0 amide bonds. The zero-order valence-corrected chi connectivity index (χ0v) is 12.8. The number of aryl methyl sites for hydroxylation is 2. The molecule has 1 atom stereocenters. The molecule has 0 radical (unpaired) electrons. The highest BCUT2D eigenvalue weighted by Gasteiger charge is 2.17. The topological polar surface area (TPSA) is 27.1 Å². The van der Waals surface area contributed by atoms with Gasteiger partial charge >= 0.3 is 0 Å². The van der Waals surface area contributed by atoms with Crippen LogP contribution in [0.5, 0.6) is 0 Å². The average Bonchev–Trinajstić information content (AvgIpc) is 3.04. The first kappa shape index (κ1) is 14.2. The van der Waals surface area contributed by atoms with Gasteiger partial charge in [-0.15, -0.1) is 11.6 Å². The minimum Gasteiger partial charge on any atom is -0.381 e. The van der Waals surface area contributed by atoms with Crippen LogP contribution >= 0.6 is 23.2 Å². The first-order chi connectivity index (χ1) is 9.78. The van der Waals surface area contributed by atoms with Crippen molar-refractivity contribution in [3.8, 4) is 0 Å². The molecule has 2 aromatic rings. The van der Waals surface area contributed by atoms with Crippen LogP contribution in [0, 0.1) is 5.92 Å². The lowest BCUT2D eigenvalue weighted by Crippen LogP contribution is -2.09. The van der Waals surface area contributed by atoms with Gasteiger partial charge in [-0.05, 0) is 37.0 Å². The third kappa shape index (κ3) is 2.95. The number of alkyl halides is 1. The molecule has 0 bridgehead atoms. The van der Waals surface area contributed by atoms with E-state index in [0.29, 0.717) is 11.8 Å². The summed E-state index contributed by atoms with van der Waals surface area (Å²) in [7, 11) is 0. The van der Waals surface area contributed by atoms with Crippen molar-refractivity contribution in [3.63, 3.8) is 0 Å². The van der Waals surface area contributed by atoms with E-state index in [1.807, 2.05) is 18.2 Å². The number of aromatic nitrogens is 2. The monoisotopic (exact) mass is 312 g/mol. The lowest BCUT2D eigenvalue weighted by atomic mass is 10.1. The van der Waals surface area contributed by atoms with Crippen LogP contribution in [0.3, 0.4) is 0 Å². The second-order valence-electron chi connectivity index (χ2n) is 5.27. The summed E-state index contributed by atoms with van der Waals surface area (Å²) in [5, 5.41) is 0.750. The van der Waals surface area contributed by atoms with Crippen molar-refractivity contribution in [2.75, 3.05) is 19.1 Å². The van der Waals surface area contributed by atoms with Crippen LogP contribution in [-0.2, 0) is 17.7 Å². The molecule has 1 aliphatic rings. The molecule has 1 aliphatic heterocycles. The predicted molar refractivity (Wildman–Crippen MR) is 82.7 cm³/mol. The zero-order valence-electron chi connectivity index (χ0n) is 11.3. The Kier molecular flexibility index (Phi) is 4.49. The molecule has 0 spiro atoms. The first-order valence-electron chi connectivity index (χ1n) is 7.06. The van der Waals surface area contributed by atoms with Gasteiger partial charge in [0.2, 0.25) is 0 Å². The minimum absolute atomic E-state index is 0.587. The van der Waals surface area contributed by atoms with E-state index >= 15 is 0 Å². The Morgan fingerprint density at radius 3 is 3.05 bits per heavy atom. The minimum atomic E-state index is 0.587. The van der Waals surface area contributed by atoms with Gasteiger partial charge in [-0.2, -0.15) is 0 Å². The maximum Gasteiger partial charge on any atom is 0.111 e. The van der Waals surface area contributed by atoms with Gasteiger partial charge in [0.1, 0.15) is 5.82 Å². The Morgan fingerprint density at radius 2 is 2.30 bits per heavy atom. The van der Waals surface area contributed by atoms with Gasteiger partial charge in [0.05, 0.1) is 11.0 Å². The Morgan fingerprint density at radius 1 is 1.40 bits per heavy atom. The van der Waals surface area contributed by atoms with E-state index in [2.05, 4.69) is 9.55 Å². The molecular formula is C15H18Cl2N2O. The summed E-state index contributed by atoms with van der Waals surface area (Å²) in [6, 6.07) is 5.86. The van der Waals surface area contributed by atoms with Crippen molar-refractivity contribution in [2.24, 2.45) is 5.92 Å². The molecule has 3 rings (SSSR count). The van der Waals surface area contributed by atoms with E-state index in [9.17, 15) is 0 Å². The summed E-state index contributed by atoms with van der Waals surface area (Å²) in [4.78, 5) is 4.68. The lowest BCUT2D eigenvalue weighted by molar-refractivity contribution is 0.183. The molecule has 1 saturated heterocycles. The third-order valence-electron chi connectivity index (χ3n) is 3.89. The van der Waals surface area contributed by atoms with E-state index in [4.69, 9.17) is 27.9 Å². The standard InChI is InChI=1S/C15H18Cl2N2O/c16-6-3-15-18-13-2-1-12(17)9-14(13)19(15)7-4-11-5-8-20-10-11/h1-2,9,11H,3-8,10H2. The van der Waals surface area contributed by atoms with Gasteiger partial charge in [0.15, 0.2) is 0 Å². The molecule has 0 N–H and O–H groups in total. The van der Waals surface area contributed by atoms with Gasteiger partial charge in [0.25, 0.3) is 0 Å². The number of hydrogen-bond acceptors (Lipinski definition) is 2. The number of imidazole rings is 1. The van der Waals surface area contributed by atoms with Gasteiger partial charge in [-0.1, -0.05) is 11.6 Å². The Labute approximate surface area is 128 Å². The molecule has 108 valence electrons. The Hall–Kier alpha value is -0.770. The average molecular weight is 313 g/mol. The number of rotatable bonds is 5. The van der Waals surface area contributed by atoms with Crippen LogP contribution in [0.15, 0.2) is 18.2 Å². The number of halogens is 2. The van der Waals surface area contributed by atoms with Crippen LogP contribution in [-0.4, -0.2) is 28.6 Å². The van der Waals surface area contributed by atoms with Crippen LogP contribution in [0.2, 0.25) is 5.02 Å². The predicted octanol–water partition coefficient (Wildman–Crippen LogP) is 3.90. The summed E-state index contributed by atoms with van der Waals surface area (Å²) < 4.78 is 7.71. The molecule has 20 heavy (non-hydrogen) atoms. The highest BCUT2D eigenvalue weighted by atomic mass is 35.5. The third-order valence-corrected chi connectivity index (χ3v) is 4.32. The Bertz CT molecular complexity index is 591. The lowest BCUT2D eigenvalue weighted by Gasteiger charge is -2.11. The first-order valence-corrected chi connectivity index (χ1v) is 7.97. The van der Waals surface area contributed by atoms with Gasteiger partial charge in [0, 0.05) is 37.1 Å². The van der Waals surface area contributed by atoms with E-state index < -0.39 is 0 Å². The second-order valence-corrected chi connectivity index (χ2v) is 6.08. The normalized spacial score (nSPS) is 19.0. The zero-order chi connectivity index (χ0) is 13.9. The van der Waals surface area contributed by atoms with Crippen molar-refractivity contribution in [3.05, 3.63) is 29.0 Å². The van der Waals surface area contributed by atoms with E-state index in [0.717, 1.165) is 60.9 Å². The highest BCUT2D eigenvalue weighted by Crippen LogP contribution is 2.24. The van der Waals surface area contributed by atoms with Crippen LogP contribution < -0.4 is 0 Å². The van der Waals surface area contributed by atoms with Crippen LogP contribution in [0.25, 0.3) is 11.0 Å². The molecule has 5 heteroatoms. The molecule has 1 aromatic carbocycles. The second kappa shape index (κ2) is 6.33. The van der Waals surface area contributed by atoms with E-state index in [1.54, 1.807) is 0 Å². The van der Waals surface area contributed by atoms with E-state index in [-0.39, 0.29) is 0 Å². The summed E-state index contributed by atoms with van der Waals surface area (Å²) in [6.45, 7) is 2.74. The Balaban J connectivity index is 1.88. The number of nitrogens with zero attached hydrogens (tertiary/aromatic N) is 2. The molecule has 0 aliphatic carbocycles. The molecule has 1 unspecified atom stereocenters. The smallest absolute Gasteiger partial charge is 0.111 e. The molecule has 3 nitrogen and oxygen atoms in total. The van der Waals surface area contributed by atoms with Gasteiger partial charge in [-0.3, -0.25) is 0 Å². The van der Waals surface area contributed by atoms with Gasteiger partial charge < -0.3 is 9.30 Å². The number of fused-ring (bicyclic) bond motifs is 1. The largest absolute Gasteiger partial charge is 0.381 e. The number of benzene rings is 1. The molecule has 2 heterocycles. The maximum atomic E-state index is 6.12. The summed E-state index contributed by atoms with van der Waals surface area (Å²) in [6.07, 6.45) is 3.07. The van der Waals surface area contributed by atoms with E-state index in [1.165, 1.54) is 0 Å². The van der Waals surface area contributed by atoms with Crippen molar-refractivity contribution < 1.29 is 4.74 Å². The van der Waals surface area contributed by atoms with Gasteiger partial charge in [-0.25, -0.2) is 4.98 Å². The maximum absolute atomic E-state index is 6.12. The van der Waals surface area contributed by atoms with Crippen molar-refractivity contribution >= 4 is 34.2 Å². The summed E-state index contributed by atoms with van der Waals surface area (Å²) in [5.74, 6) is 2.30. The van der Waals surface area contributed by atoms with Crippen LogP contribution in [0.1, 0.15) is 18.7 Å². The van der Waals surface area contributed by atoms with Crippen molar-refractivity contribution in [1.82, 2.24) is 9.55 Å². The fraction of sp³-hybridized carbons (Fsp3) is 0.533. The SMILES string of the molecule is ClCCc1nc2ccc(Cl)cc2n1CCC1CCOC1. The molecule has 0 saturated carbocycles. The molecule has 1 aromatic heterocycles. The quantitative estimate of drug-likeness (QED) is 0.783. The molecular weight excluding hydrogens is 295 g/mol. The van der Waals surface area contributed by atoms with Crippen LogP contribution in [0.4, 0.5) is 0 Å². The number of hydrogen-bond donors (Lipinski definition) is 0. The van der Waals surface area contributed by atoms with Crippen molar-refractivity contribution in [1.29, 1.82) is 0 Å². The van der Waals surface area contributed by atoms with Crippen molar-refractivity contribution in [2.45, 2.75) is 25.8 Å². The number of ether oxygens (including phenoxy) is 1. The highest BCUT2D eigenvalue weighted by molar-refractivity contribution is 6.31. The summed E-state index contributed by atoms with van der Waals surface area (Å²) >= 11 is 12.0.